The zero-order chi connectivity index (χ0) is 15.3. The molecular formula is C16H20FN3O2. The second-order valence-corrected chi connectivity index (χ2v) is 6.55. The van der Waals surface area contributed by atoms with E-state index in [4.69, 9.17) is 4.74 Å². The Bertz CT molecular complexity index is 642. The van der Waals surface area contributed by atoms with Crippen molar-refractivity contribution in [2.45, 2.75) is 38.7 Å². The second-order valence-electron chi connectivity index (χ2n) is 6.55. The van der Waals surface area contributed by atoms with Crippen molar-refractivity contribution < 1.29 is 13.9 Å². The highest BCUT2D eigenvalue weighted by molar-refractivity contribution is 5.92. The van der Waals surface area contributed by atoms with Gasteiger partial charge in [-0.2, -0.15) is 5.10 Å². The van der Waals surface area contributed by atoms with E-state index < -0.39 is 11.7 Å². The van der Waals surface area contributed by atoms with Crippen LogP contribution in [0, 0.1) is 5.92 Å². The third-order valence-electron chi connectivity index (χ3n) is 5.01. The molecule has 3 aliphatic rings. The summed E-state index contributed by atoms with van der Waals surface area (Å²) in [6.07, 6.45) is 2.87. The van der Waals surface area contributed by atoms with Crippen molar-refractivity contribution in [3.63, 3.8) is 0 Å². The Morgan fingerprint density at radius 1 is 1.41 bits per heavy atom. The number of hydrogen-bond acceptors (Lipinski definition) is 3. The third-order valence-corrected chi connectivity index (χ3v) is 5.01. The minimum atomic E-state index is -0.548. The Morgan fingerprint density at radius 2 is 2.18 bits per heavy atom. The normalized spacial score (nSPS) is 22.9. The molecule has 1 aromatic heterocycles. The molecule has 1 aromatic rings. The zero-order valence-corrected chi connectivity index (χ0v) is 12.7. The second kappa shape index (κ2) is 5.19. The van der Waals surface area contributed by atoms with Gasteiger partial charge in [0.25, 0.3) is 5.91 Å². The molecule has 0 atom stereocenters. The predicted octanol–water partition coefficient (Wildman–Crippen LogP) is 2.06. The van der Waals surface area contributed by atoms with Gasteiger partial charge in [-0.15, -0.1) is 0 Å². The van der Waals surface area contributed by atoms with Gasteiger partial charge in [0.15, 0.2) is 5.83 Å². The number of H-pyrrole nitrogens is 1. The van der Waals surface area contributed by atoms with Gasteiger partial charge in [-0.25, -0.2) is 4.39 Å². The number of aromatic amines is 1. The molecule has 0 spiro atoms. The fourth-order valence-electron chi connectivity index (χ4n) is 3.29. The van der Waals surface area contributed by atoms with Crippen LogP contribution in [0.1, 0.15) is 42.6 Å². The van der Waals surface area contributed by atoms with Gasteiger partial charge in [0.2, 0.25) is 0 Å². The summed E-state index contributed by atoms with van der Waals surface area (Å²) >= 11 is 0. The maximum atomic E-state index is 14.1. The number of rotatable bonds is 3. The van der Waals surface area contributed by atoms with Gasteiger partial charge in [0.1, 0.15) is 0 Å². The quantitative estimate of drug-likeness (QED) is 0.870. The lowest BCUT2D eigenvalue weighted by atomic mass is 9.91. The van der Waals surface area contributed by atoms with Crippen LogP contribution < -0.4 is 0 Å². The lowest BCUT2D eigenvalue weighted by Crippen LogP contribution is -2.49. The van der Waals surface area contributed by atoms with E-state index in [1.807, 2.05) is 0 Å². The van der Waals surface area contributed by atoms with Crippen LogP contribution in [0.2, 0.25) is 0 Å². The average Bonchev–Trinajstić information content (AvgIpc) is 3.26. The molecule has 1 saturated carbocycles. The largest absolute Gasteiger partial charge is 0.376 e. The first-order valence-electron chi connectivity index (χ1n) is 7.94. The highest BCUT2D eigenvalue weighted by Crippen LogP contribution is 2.39. The van der Waals surface area contributed by atoms with Crippen molar-refractivity contribution in [3.8, 4) is 0 Å². The topological polar surface area (TPSA) is 58.2 Å². The fourth-order valence-corrected chi connectivity index (χ4v) is 3.29. The molecule has 0 radical (unpaired) electrons. The highest BCUT2D eigenvalue weighted by atomic mass is 19.1. The first kappa shape index (κ1) is 13.9. The molecule has 1 N–H and O–H groups in total. The van der Waals surface area contributed by atoms with Crippen LogP contribution in [0.4, 0.5) is 4.39 Å². The predicted molar refractivity (Wildman–Crippen MR) is 77.8 cm³/mol. The van der Waals surface area contributed by atoms with E-state index in [2.05, 4.69) is 10.2 Å². The summed E-state index contributed by atoms with van der Waals surface area (Å²) < 4.78 is 19.6. The van der Waals surface area contributed by atoms with Crippen LogP contribution in [0.3, 0.4) is 0 Å². The van der Waals surface area contributed by atoms with Crippen molar-refractivity contribution in [2.75, 3.05) is 19.7 Å². The average molecular weight is 305 g/mol. The van der Waals surface area contributed by atoms with E-state index in [-0.39, 0.29) is 11.8 Å². The summed E-state index contributed by atoms with van der Waals surface area (Å²) in [4.78, 5) is 13.7. The molecule has 0 unspecified atom stereocenters. The summed E-state index contributed by atoms with van der Waals surface area (Å²) in [6.45, 7) is 4.13. The lowest BCUT2D eigenvalue weighted by Gasteiger charge is -2.38. The summed E-state index contributed by atoms with van der Waals surface area (Å²) in [5.41, 5.74) is 3.89. The fraction of sp³-hybridized carbons (Fsp3) is 0.625. The number of likely N-dealkylation sites (tertiary alicyclic amines) is 1. The van der Waals surface area contributed by atoms with Crippen molar-refractivity contribution >= 4 is 5.91 Å². The molecule has 2 fully saturated rings. The number of carbonyl (C=O) groups is 1. The Morgan fingerprint density at radius 3 is 2.91 bits per heavy atom. The van der Waals surface area contributed by atoms with E-state index in [1.54, 1.807) is 11.8 Å². The number of hydrogen-bond donors (Lipinski definition) is 1. The first-order valence-corrected chi connectivity index (χ1v) is 7.94. The molecule has 22 heavy (non-hydrogen) atoms. The third kappa shape index (κ3) is 2.26. The maximum absolute atomic E-state index is 14.1. The van der Waals surface area contributed by atoms with Gasteiger partial charge >= 0.3 is 0 Å². The van der Waals surface area contributed by atoms with Crippen LogP contribution in [0.5, 0.6) is 0 Å². The standard InChI is InChI=1S/C16H20FN3O2/c1-9(10-2-3-10)14(17)16(21)20-6-11(7-20)15-12-8-22-5-4-13(12)18-19-15/h10-11H,2-8H2,1H3,(H,18,19)/b14-9-. The van der Waals surface area contributed by atoms with Crippen LogP contribution >= 0.6 is 0 Å². The first-order chi connectivity index (χ1) is 10.6. The van der Waals surface area contributed by atoms with E-state index in [0.29, 0.717) is 25.3 Å². The molecule has 2 aliphatic heterocycles. The van der Waals surface area contributed by atoms with Crippen molar-refractivity contribution in [1.82, 2.24) is 15.1 Å². The number of carbonyl (C=O) groups excluding carboxylic acids is 1. The Balaban J connectivity index is 1.43. The number of nitrogens with one attached hydrogen (secondary N) is 1. The Labute approximate surface area is 128 Å². The van der Waals surface area contributed by atoms with Crippen LogP contribution in [0.15, 0.2) is 11.4 Å². The zero-order valence-electron chi connectivity index (χ0n) is 12.7. The smallest absolute Gasteiger partial charge is 0.282 e. The highest BCUT2D eigenvalue weighted by Gasteiger charge is 2.38. The molecular weight excluding hydrogens is 285 g/mol. The van der Waals surface area contributed by atoms with E-state index in [9.17, 15) is 9.18 Å². The van der Waals surface area contributed by atoms with Crippen LogP contribution in [-0.4, -0.2) is 40.7 Å². The van der Waals surface area contributed by atoms with E-state index in [0.717, 1.165) is 42.8 Å². The summed E-state index contributed by atoms with van der Waals surface area (Å²) in [7, 11) is 0. The number of fused-ring (bicyclic) bond motifs is 1. The molecule has 0 bridgehead atoms. The Hall–Kier alpha value is -1.69. The van der Waals surface area contributed by atoms with Crippen LogP contribution in [-0.2, 0) is 22.6 Å². The molecule has 6 heteroatoms. The summed E-state index contributed by atoms with van der Waals surface area (Å²) in [5.74, 6) is -0.522. The van der Waals surface area contributed by atoms with Gasteiger partial charge in [-0.05, 0) is 31.3 Å². The van der Waals surface area contributed by atoms with E-state index in [1.165, 1.54) is 0 Å². The minimum absolute atomic E-state index is 0.194. The number of nitrogens with zero attached hydrogens (tertiary/aromatic N) is 2. The van der Waals surface area contributed by atoms with Crippen LogP contribution in [0.25, 0.3) is 0 Å². The molecule has 5 nitrogen and oxygen atoms in total. The minimum Gasteiger partial charge on any atom is -0.376 e. The van der Waals surface area contributed by atoms with Gasteiger partial charge < -0.3 is 9.64 Å². The molecule has 1 amide bonds. The van der Waals surface area contributed by atoms with E-state index >= 15 is 0 Å². The van der Waals surface area contributed by atoms with Gasteiger partial charge in [-0.3, -0.25) is 9.89 Å². The maximum Gasteiger partial charge on any atom is 0.282 e. The van der Waals surface area contributed by atoms with Crippen molar-refractivity contribution in [1.29, 1.82) is 0 Å². The van der Waals surface area contributed by atoms with Gasteiger partial charge in [-0.1, -0.05) is 0 Å². The molecule has 1 saturated heterocycles. The van der Waals surface area contributed by atoms with Crippen molar-refractivity contribution in [2.24, 2.45) is 5.92 Å². The summed E-state index contributed by atoms with van der Waals surface area (Å²) in [5, 5.41) is 7.45. The monoisotopic (exact) mass is 305 g/mol. The molecule has 118 valence electrons. The molecule has 4 rings (SSSR count). The lowest BCUT2D eigenvalue weighted by molar-refractivity contribution is -0.133. The number of aromatic nitrogens is 2. The molecule has 0 aromatic carbocycles. The number of ether oxygens (including phenoxy) is 1. The van der Waals surface area contributed by atoms with Crippen molar-refractivity contribution in [3.05, 3.63) is 28.4 Å². The SMILES string of the molecule is C/C(=C(/F)C(=O)N1CC(c2n[nH]c3c2COCC3)C1)C1CC1. The summed E-state index contributed by atoms with van der Waals surface area (Å²) in [6, 6.07) is 0. The van der Waals surface area contributed by atoms with Gasteiger partial charge in [0.05, 0.1) is 18.9 Å². The molecule has 3 heterocycles. The van der Waals surface area contributed by atoms with Gasteiger partial charge in [0, 0.05) is 36.7 Å². The number of allylic oxidation sites excluding steroid dienone is 1. The Kier molecular flexibility index (Phi) is 3.29. The number of halogens is 1. The molecule has 1 aliphatic carbocycles. The number of amides is 1.